The van der Waals surface area contributed by atoms with E-state index in [1.165, 1.54) is 0 Å². The number of hydrogen-bond acceptors (Lipinski definition) is 3. The first-order chi connectivity index (χ1) is 6.11. The number of rotatable bonds is 0. The molecule has 70 valence electrons. The van der Waals surface area contributed by atoms with Crippen LogP contribution in [0.15, 0.2) is 6.07 Å². The van der Waals surface area contributed by atoms with E-state index in [9.17, 15) is 0 Å². The van der Waals surface area contributed by atoms with Crippen molar-refractivity contribution in [3.63, 3.8) is 0 Å². The van der Waals surface area contributed by atoms with Gasteiger partial charge in [0.15, 0.2) is 0 Å². The zero-order chi connectivity index (χ0) is 9.59. The maximum absolute atomic E-state index is 5.88. The van der Waals surface area contributed by atoms with E-state index in [1.54, 1.807) is 0 Å². The summed E-state index contributed by atoms with van der Waals surface area (Å²) >= 11 is 0. The van der Waals surface area contributed by atoms with Crippen LogP contribution in [0.2, 0.25) is 0 Å². The molecule has 1 heterocycles. The molecule has 0 amide bonds. The highest BCUT2D eigenvalue weighted by atomic mass is 16.5. The van der Waals surface area contributed by atoms with Crippen LogP contribution >= 0.6 is 0 Å². The Morgan fingerprint density at radius 3 is 2.85 bits per heavy atom. The molecule has 0 bridgehead atoms. The molecule has 13 heavy (non-hydrogen) atoms. The quantitative estimate of drug-likeness (QED) is 0.588. The maximum atomic E-state index is 5.88. The zero-order valence-corrected chi connectivity index (χ0v) is 7.92. The topological polar surface area (TPSA) is 61.3 Å². The molecule has 0 aliphatic carbocycles. The van der Waals surface area contributed by atoms with Crippen LogP contribution in [0.1, 0.15) is 22.7 Å². The number of fused-ring (bicyclic) bond motifs is 1. The molecule has 1 aromatic carbocycles. The standard InChI is InChI=1S/C10H14N2O/c1-5-3-7-8(11)4-13-10(7)6(2)9(5)12/h3,8H,4,11-12H2,1-2H3/t8-/m0/s1. The first-order valence-corrected chi connectivity index (χ1v) is 4.39. The lowest BCUT2D eigenvalue weighted by Crippen LogP contribution is -2.10. The van der Waals surface area contributed by atoms with Gasteiger partial charge in [0.1, 0.15) is 12.4 Å². The number of benzene rings is 1. The second-order valence-corrected chi connectivity index (χ2v) is 3.57. The molecule has 1 aromatic rings. The third-order valence-corrected chi connectivity index (χ3v) is 2.61. The molecule has 0 spiro atoms. The van der Waals surface area contributed by atoms with Crippen LogP contribution in [0.25, 0.3) is 0 Å². The monoisotopic (exact) mass is 178 g/mol. The van der Waals surface area contributed by atoms with Crippen LogP contribution in [0, 0.1) is 13.8 Å². The van der Waals surface area contributed by atoms with E-state index in [1.807, 2.05) is 19.9 Å². The van der Waals surface area contributed by atoms with Gasteiger partial charge in [0.05, 0.1) is 6.04 Å². The molecule has 1 aliphatic rings. The number of anilines is 1. The minimum Gasteiger partial charge on any atom is -0.491 e. The van der Waals surface area contributed by atoms with E-state index < -0.39 is 0 Å². The number of aryl methyl sites for hydroxylation is 1. The van der Waals surface area contributed by atoms with Gasteiger partial charge in [-0.05, 0) is 25.5 Å². The minimum absolute atomic E-state index is 0.00741. The summed E-state index contributed by atoms with van der Waals surface area (Å²) in [6, 6.07) is 2.03. The Balaban J connectivity index is 2.67. The van der Waals surface area contributed by atoms with Gasteiger partial charge in [-0.3, -0.25) is 0 Å². The summed E-state index contributed by atoms with van der Waals surface area (Å²) in [4.78, 5) is 0. The lowest BCUT2D eigenvalue weighted by atomic mass is 10.0. The average molecular weight is 178 g/mol. The first-order valence-electron chi connectivity index (χ1n) is 4.39. The van der Waals surface area contributed by atoms with E-state index >= 15 is 0 Å². The van der Waals surface area contributed by atoms with Gasteiger partial charge in [-0.25, -0.2) is 0 Å². The predicted octanol–water partition coefficient (Wildman–Crippen LogP) is 1.28. The second kappa shape index (κ2) is 2.64. The van der Waals surface area contributed by atoms with Gasteiger partial charge in [0.2, 0.25) is 0 Å². The van der Waals surface area contributed by atoms with Crippen molar-refractivity contribution in [1.29, 1.82) is 0 Å². The van der Waals surface area contributed by atoms with Crippen LogP contribution in [-0.2, 0) is 0 Å². The van der Waals surface area contributed by atoms with Gasteiger partial charge in [-0.1, -0.05) is 0 Å². The molecule has 3 nitrogen and oxygen atoms in total. The molecule has 0 saturated carbocycles. The highest BCUT2D eigenvalue weighted by Crippen LogP contribution is 2.38. The van der Waals surface area contributed by atoms with E-state index in [4.69, 9.17) is 16.2 Å². The Kier molecular flexibility index (Phi) is 1.70. The van der Waals surface area contributed by atoms with Crippen molar-refractivity contribution in [3.8, 4) is 5.75 Å². The molecule has 2 rings (SSSR count). The highest BCUT2D eigenvalue weighted by molar-refractivity contribution is 5.63. The molecule has 0 fully saturated rings. The van der Waals surface area contributed by atoms with Crippen molar-refractivity contribution in [2.75, 3.05) is 12.3 Å². The third kappa shape index (κ3) is 1.08. The van der Waals surface area contributed by atoms with Crippen LogP contribution in [-0.4, -0.2) is 6.61 Å². The van der Waals surface area contributed by atoms with E-state index in [0.29, 0.717) is 6.61 Å². The maximum Gasteiger partial charge on any atom is 0.129 e. The number of nitrogens with two attached hydrogens (primary N) is 2. The Labute approximate surface area is 77.7 Å². The zero-order valence-electron chi connectivity index (χ0n) is 7.92. The van der Waals surface area contributed by atoms with E-state index in [2.05, 4.69) is 0 Å². The van der Waals surface area contributed by atoms with Gasteiger partial charge in [-0.15, -0.1) is 0 Å². The van der Waals surface area contributed by atoms with E-state index in [0.717, 1.165) is 28.1 Å². The Hall–Kier alpha value is -1.22. The van der Waals surface area contributed by atoms with Gasteiger partial charge in [0, 0.05) is 16.8 Å². The summed E-state index contributed by atoms with van der Waals surface area (Å²) in [5.74, 6) is 0.885. The molecule has 1 atom stereocenters. The van der Waals surface area contributed by atoms with Crippen LogP contribution in [0.4, 0.5) is 5.69 Å². The summed E-state index contributed by atoms with van der Waals surface area (Å²) in [5.41, 5.74) is 15.7. The molecular weight excluding hydrogens is 164 g/mol. The van der Waals surface area contributed by atoms with Crippen molar-refractivity contribution < 1.29 is 4.74 Å². The summed E-state index contributed by atoms with van der Waals surface area (Å²) < 4.78 is 5.47. The lowest BCUT2D eigenvalue weighted by molar-refractivity contribution is 0.331. The first kappa shape index (κ1) is 8.38. The fraction of sp³-hybridized carbons (Fsp3) is 0.400. The summed E-state index contributed by atoms with van der Waals surface area (Å²) in [6.07, 6.45) is 0. The van der Waals surface area contributed by atoms with Crippen molar-refractivity contribution in [3.05, 3.63) is 22.8 Å². The summed E-state index contributed by atoms with van der Waals surface area (Å²) in [7, 11) is 0. The van der Waals surface area contributed by atoms with Crippen LogP contribution in [0.3, 0.4) is 0 Å². The Morgan fingerprint density at radius 2 is 2.15 bits per heavy atom. The van der Waals surface area contributed by atoms with Crippen molar-refractivity contribution in [2.24, 2.45) is 5.73 Å². The molecular formula is C10H14N2O. The lowest BCUT2D eigenvalue weighted by Gasteiger charge is -2.10. The normalized spacial score (nSPS) is 19.8. The fourth-order valence-corrected chi connectivity index (χ4v) is 1.74. The van der Waals surface area contributed by atoms with Gasteiger partial charge < -0.3 is 16.2 Å². The van der Waals surface area contributed by atoms with E-state index in [-0.39, 0.29) is 6.04 Å². The predicted molar refractivity (Wildman–Crippen MR) is 52.8 cm³/mol. The molecule has 1 aliphatic heterocycles. The molecule has 0 radical (unpaired) electrons. The Bertz CT molecular complexity index is 360. The SMILES string of the molecule is Cc1cc2c(c(C)c1N)OC[C@@H]2N. The molecule has 4 N–H and O–H groups in total. The van der Waals surface area contributed by atoms with Crippen molar-refractivity contribution >= 4 is 5.69 Å². The van der Waals surface area contributed by atoms with Crippen molar-refractivity contribution in [2.45, 2.75) is 19.9 Å². The van der Waals surface area contributed by atoms with Gasteiger partial charge >= 0.3 is 0 Å². The molecule has 0 unspecified atom stereocenters. The molecule has 0 saturated heterocycles. The minimum atomic E-state index is 0.00741. The third-order valence-electron chi connectivity index (χ3n) is 2.61. The van der Waals surface area contributed by atoms with Crippen LogP contribution < -0.4 is 16.2 Å². The van der Waals surface area contributed by atoms with Gasteiger partial charge in [-0.2, -0.15) is 0 Å². The Morgan fingerprint density at radius 1 is 1.46 bits per heavy atom. The number of ether oxygens (including phenoxy) is 1. The smallest absolute Gasteiger partial charge is 0.129 e. The largest absolute Gasteiger partial charge is 0.491 e. The van der Waals surface area contributed by atoms with Crippen LogP contribution in [0.5, 0.6) is 5.75 Å². The molecule has 3 heteroatoms. The molecule has 0 aromatic heterocycles. The number of nitrogen functional groups attached to an aromatic ring is 1. The second-order valence-electron chi connectivity index (χ2n) is 3.57. The summed E-state index contributed by atoms with van der Waals surface area (Å²) in [6.45, 7) is 4.53. The average Bonchev–Trinajstić information content (AvgIpc) is 2.45. The van der Waals surface area contributed by atoms with Gasteiger partial charge in [0.25, 0.3) is 0 Å². The van der Waals surface area contributed by atoms with Crippen molar-refractivity contribution in [1.82, 2.24) is 0 Å². The summed E-state index contributed by atoms with van der Waals surface area (Å²) in [5, 5.41) is 0. The number of hydrogen-bond donors (Lipinski definition) is 2. The fourth-order valence-electron chi connectivity index (χ4n) is 1.74. The highest BCUT2D eigenvalue weighted by Gasteiger charge is 2.24.